The van der Waals surface area contributed by atoms with Crippen LogP contribution in [0.3, 0.4) is 0 Å². The Kier molecular flexibility index (Phi) is 4.39. The average Bonchev–Trinajstić information content (AvgIpc) is 2.58. The van der Waals surface area contributed by atoms with Gasteiger partial charge in [0, 0.05) is 21.7 Å². The van der Waals surface area contributed by atoms with Crippen LogP contribution in [0, 0.1) is 0 Å². The average molecular weight is 375 g/mol. The van der Waals surface area contributed by atoms with E-state index in [1.165, 1.54) is 0 Å². The zero-order valence-electron chi connectivity index (χ0n) is 12.8. The van der Waals surface area contributed by atoms with Crippen molar-refractivity contribution < 1.29 is 19.0 Å². The molecule has 0 unspecified atom stereocenters. The highest BCUT2D eigenvalue weighted by atomic mass is 79.9. The maximum atomic E-state index is 12.7. The van der Waals surface area contributed by atoms with Crippen LogP contribution in [0.15, 0.2) is 46.4 Å². The number of Topliss-reactive ketones (excluding diaryl/α,β-unsaturated/α-hetero) is 1. The number of benzene rings is 2. The molecule has 3 rings (SSSR count). The number of carbonyl (C=O) groups is 1. The van der Waals surface area contributed by atoms with E-state index in [9.17, 15) is 4.79 Å². The fraction of sp³-hybridized carbons (Fsp3) is 0.167. The van der Waals surface area contributed by atoms with Crippen molar-refractivity contribution in [1.82, 2.24) is 0 Å². The van der Waals surface area contributed by atoms with Crippen LogP contribution in [0.25, 0.3) is 6.08 Å². The van der Waals surface area contributed by atoms with E-state index < -0.39 is 0 Å². The van der Waals surface area contributed by atoms with Crippen molar-refractivity contribution >= 4 is 27.8 Å². The van der Waals surface area contributed by atoms with E-state index in [4.69, 9.17) is 14.2 Å². The van der Waals surface area contributed by atoms with E-state index in [1.807, 2.05) is 18.2 Å². The van der Waals surface area contributed by atoms with Crippen molar-refractivity contribution in [3.05, 3.63) is 57.6 Å². The molecule has 0 aromatic heterocycles. The minimum absolute atomic E-state index is 0.0366. The summed E-state index contributed by atoms with van der Waals surface area (Å²) in [7, 11) is 3.18. The molecular formula is C18H15BrO4. The number of ether oxygens (including phenoxy) is 3. The van der Waals surface area contributed by atoms with Crippen molar-refractivity contribution in [2.24, 2.45) is 0 Å². The van der Waals surface area contributed by atoms with Crippen molar-refractivity contribution in [3.63, 3.8) is 0 Å². The molecule has 0 N–H and O–H groups in total. The normalized spacial score (nSPS) is 15.1. The van der Waals surface area contributed by atoms with E-state index in [0.717, 1.165) is 10.0 Å². The number of halogens is 1. The summed E-state index contributed by atoms with van der Waals surface area (Å²) in [5.41, 5.74) is 1.95. The third-order valence-corrected chi connectivity index (χ3v) is 4.12. The molecule has 0 radical (unpaired) electrons. The van der Waals surface area contributed by atoms with Gasteiger partial charge < -0.3 is 14.2 Å². The van der Waals surface area contributed by atoms with Crippen molar-refractivity contribution in [2.75, 3.05) is 20.8 Å². The first-order valence-corrected chi connectivity index (χ1v) is 7.81. The van der Waals surface area contributed by atoms with Gasteiger partial charge in [0.05, 0.1) is 19.8 Å². The molecule has 23 heavy (non-hydrogen) atoms. The quantitative estimate of drug-likeness (QED) is 0.757. The van der Waals surface area contributed by atoms with Crippen LogP contribution in [0.1, 0.15) is 15.9 Å². The Labute approximate surface area is 142 Å². The minimum atomic E-state index is -0.0366. The summed E-state index contributed by atoms with van der Waals surface area (Å²) >= 11 is 3.38. The molecule has 0 amide bonds. The predicted molar refractivity (Wildman–Crippen MR) is 91.5 cm³/mol. The maximum absolute atomic E-state index is 12.7. The first-order chi connectivity index (χ1) is 11.1. The van der Waals surface area contributed by atoms with E-state index >= 15 is 0 Å². The number of hydrogen-bond donors (Lipinski definition) is 0. The summed E-state index contributed by atoms with van der Waals surface area (Å²) in [5, 5.41) is 0. The maximum Gasteiger partial charge on any atom is 0.196 e. The van der Waals surface area contributed by atoms with Gasteiger partial charge in [-0.1, -0.05) is 15.9 Å². The van der Waals surface area contributed by atoms with Crippen molar-refractivity contribution in [2.45, 2.75) is 0 Å². The number of carbonyl (C=O) groups excluding carboxylic acids is 1. The van der Waals surface area contributed by atoms with Gasteiger partial charge in [-0.05, 0) is 36.4 Å². The number of ketones is 1. The van der Waals surface area contributed by atoms with Crippen molar-refractivity contribution in [3.8, 4) is 17.2 Å². The van der Waals surface area contributed by atoms with Crippen LogP contribution in [0.4, 0.5) is 0 Å². The highest BCUT2D eigenvalue weighted by Gasteiger charge is 2.23. The van der Waals surface area contributed by atoms with Gasteiger partial charge in [-0.2, -0.15) is 0 Å². The molecule has 0 spiro atoms. The second-order valence-corrected chi connectivity index (χ2v) is 5.95. The third kappa shape index (κ3) is 3.10. The second kappa shape index (κ2) is 6.46. The number of methoxy groups -OCH3 is 2. The molecule has 118 valence electrons. The molecule has 2 aromatic rings. The van der Waals surface area contributed by atoms with E-state index in [-0.39, 0.29) is 12.4 Å². The molecule has 0 atom stereocenters. The van der Waals surface area contributed by atoms with Gasteiger partial charge in [0.15, 0.2) is 5.78 Å². The van der Waals surface area contributed by atoms with Crippen molar-refractivity contribution in [1.29, 1.82) is 0 Å². The molecule has 0 saturated heterocycles. The standard InChI is InChI=1S/C18H15BrO4/c1-21-14-5-3-11(17(9-14)22-2)7-12-10-23-16-6-4-13(19)8-15(16)18(12)20/h3-9H,10H2,1-2H3/b12-7+. The van der Waals surface area contributed by atoms with Gasteiger partial charge in [-0.3, -0.25) is 4.79 Å². The van der Waals surface area contributed by atoms with Gasteiger partial charge in [0.1, 0.15) is 23.9 Å². The molecule has 2 aromatic carbocycles. The lowest BCUT2D eigenvalue weighted by molar-refractivity contribution is 0.100. The lowest BCUT2D eigenvalue weighted by Gasteiger charge is -2.19. The minimum Gasteiger partial charge on any atom is -0.497 e. The molecule has 1 aliphatic heterocycles. The zero-order chi connectivity index (χ0) is 16.4. The molecule has 0 aliphatic carbocycles. The number of hydrogen-bond acceptors (Lipinski definition) is 4. The van der Waals surface area contributed by atoms with E-state index in [2.05, 4.69) is 15.9 Å². The Morgan fingerprint density at radius 1 is 1.13 bits per heavy atom. The van der Waals surface area contributed by atoms with Crippen LogP contribution >= 0.6 is 15.9 Å². The van der Waals surface area contributed by atoms with Gasteiger partial charge in [-0.25, -0.2) is 0 Å². The van der Waals surface area contributed by atoms with Crippen LogP contribution < -0.4 is 14.2 Å². The first-order valence-electron chi connectivity index (χ1n) is 7.02. The van der Waals surface area contributed by atoms with E-state index in [1.54, 1.807) is 38.5 Å². The largest absolute Gasteiger partial charge is 0.497 e. The SMILES string of the molecule is COc1ccc(/C=C2\COc3ccc(Br)cc3C2=O)c(OC)c1. The second-order valence-electron chi connectivity index (χ2n) is 5.04. The Morgan fingerprint density at radius 2 is 1.96 bits per heavy atom. The summed E-state index contributed by atoms with van der Waals surface area (Å²) in [6.07, 6.45) is 1.80. The topological polar surface area (TPSA) is 44.8 Å². The molecule has 1 heterocycles. The number of rotatable bonds is 3. The summed E-state index contributed by atoms with van der Waals surface area (Å²) in [4.78, 5) is 12.7. The first kappa shape index (κ1) is 15.6. The Balaban J connectivity index is 1.99. The lowest BCUT2D eigenvalue weighted by Crippen LogP contribution is -2.19. The molecular weight excluding hydrogens is 360 g/mol. The van der Waals surface area contributed by atoms with Crippen LogP contribution in [0.2, 0.25) is 0 Å². The summed E-state index contributed by atoms with van der Waals surface area (Å²) in [6.45, 7) is 0.239. The summed E-state index contributed by atoms with van der Waals surface area (Å²) in [5.74, 6) is 1.91. The number of fused-ring (bicyclic) bond motifs is 1. The smallest absolute Gasteiger partial charge is 0.196 e. The highest BCUT2D eigenvalue weighted by molar-refractivity contribution is 9.10. The molecule has 1 aliphatic rings. The summed E-state index contributed by atoms with van der Waals surface area (Å²) < 4.78 is 17.1. The Bertz CT molecular complexity index is 796. The van der Waals surface area contributed by atoms with Gasteiger partial charge in [0.25, 0.3) is 0 Å². The highest BCUT2D eigenvalue weighted by Crippen LogP contribution is 2.32. The lowest BCUT2D eigenvalue weighted by atomic mass is 9.98. The predicted octanol–water partition coefficient (Wildman–Crippen LogP) is 4.13. The summed E-state index contributed by atoms with van der Waals surface area (Å²) in [6, 6.07) is 10.9. The van der Waals surface area contributed by atoms with Gasteiger partial charge >= 0.3 is 0 Å². The molecule has 4 nitrogen and oxygen atoms in total. The van der Waals surface area contributed by atoms with E-state index in [0.29, 0.717) is 28.4 Å². The zero-order valence-corrected chi connectivity index (χ0v) is 14.3. The van der Waals surface area contributed by atoms with Crippen LogP contribution in [-0.2, 0) is 0 Å². The van der Waals surface area contributed by atoms with Crippen LogP contribution in [0.5, 0.6) is 17.2 Å². The monoisotopic (exact) mass is 374 g/mol. The fourth-order valence-corrected chi connectivity index (χ4v) is 2.79. The fourth-order valence-electron chi connectivity index (χ4n) is 2.43. The Morgan fingerprint density at radius 3 is 2.70 bits per heavy atom. The third-order valence-electron chi connectivity index (χ3n) is 3.63. The molecule has 5 heteroatoms. The molecule has 0 saturated carbocycles. The van der Waals surface area contributed by atoms with Gasteiger partial charge in [-0.15, -0.1) is 0 Å². The van der Waals surface area contributed by atoms with Gasteiger partial charge in [0.2, 0.25) is 0 Å². The molecule has 0 fully saturated rings. The molecule has 0 bridgehead atoms. The Hall–Kier alpha value is -2.27. The van der Waals surface area contributed by atoms with Crippen LogP contribution in [-0.4, -0.2) is 26.6 Å².